The number of nitrogens with one attached hydrogen (secondary N) is 1. The van der Waals surface area contributed by atoms with Crippen LogP contribution < -0.4 is 5.32 Å². The minimum atomic E-state index is -0.0742. The molecule has 0 amide bonds. The summed E-state index contributed by atoms with van der Waals surface area (Å²) in [5, 5.41) is 6.26. The number of fused-ring (bicyclic) bond motifs is 3. The highest BCUT2D eigenvalue weighted by Gasteiger charge is 2.28. The number of carbonyl (C=O) groups excluding carboxylic acids is 1. The lowest BCUT2D eigenvalue weighted by atomic mass is 9.89. The minimum absolute atomic E-state index is 0.0742. The second kappa shape index (κ2) is 5.15. The van der Waals surface area contributed by atoms with Gasteiger partial charge in [-0.2, -0.15) is 0 Å². The monoisotopic (exact) mass is 307 g/mol. The van der Waals surface area contributed by atoms with E-state index in [1.165, 1.54) is 0 Å². The predicted molar refractivity (Wildman–Crippen MR) is 90.7 cm³/mol. The van der Waals surface area contributed by atoms with E-state index in [-0.39, 0.29) is 11.8 Å². The maximum absolute atomic E-state index is 12.7. The lowest BCUT2D eigenvalue weighted by Gasteiger charge is -2.28. The highest BCUT2D eigenvalue weighted by atomic mass is 35.5. The summed E-state index contributed by atoms with van der Waals surface area (Å²) >= 11 is 6.28. The fraction of sp³-hybridized carbons (Fsp3) is 0.105. The molecule has 1 atom stereocenters. The number of hydrogen-bond donors (Lipinski definition) is 1. The topological polar surface area (TPSA) is 29.1 Å². The van der Waals surface area contributed by atoms with Crippen LogP contribution in [0, 0.1) is 0 Å². The first-order chi connectivity index (χ1) is 10.7. The quantitative estimate of drug-likeness (QED) is 0.666. The molecule has 2 nitrogen and oxygen atoms in total. The molecule has 108 valence electrons. The summed E-state index contributed by atoms with van der Waals surface area (Å²) in [5.41, 5.74) is 2.65. The van der Waals surface area contributed by atoms with E-state index in [0.29, 0.717) is 11.4 Å². The molecule has 0 saturated carbocycles. The molecular weight excluding hydrogens is 294 g/mol. The average molecular weight is 308 g/mol. The van der Waals surface area contributed by atoms with Gasteiger partial charge in [-0.05, 0) is 28.5 Å². The molecule has 4 rings (SSSR count). The van der Waals surface area contributed by atoms with Gasteiger partial charge in [-0.1, -0.05) is 60.1 Å². The molecule has 22 heavy (non-hydrogen) atoms. The molecule has 0 spiro atoms. The molecule has 0 aliphatic carbocycles. The van der Waals surface area contributed by atoms with Gasteiger partial charge in [0.2, 0.25) is 0 Å². The highest BCUT2D eigenvalue weighted by molar-refractivity contribution is 6.31. The Morgan fingerprint density at radius 1 is 0.955 bits per heavy atom. The number of ketones is 1. The molecule has 0 radical (unpaired) electrons. The van der Waals surface area contributed by atoms with Crippen molar-refractivity contribution in [3.63, 3.8) is 0 Å². The zero-order chi connectivity index (χ0) is 15.1. The van der Waals surface area contributed by atoms with E-state index in [1.807, 2.05) is 60.7 Å². The van der Waals surface area contributed by atoms with Gasteiger partial charge >= 0.3 is 0 Å². The first kappa shape index (κ1) is 13.4. The molecule has 0 saturated heterocycles. The Labute approximate surface area is 133 Å². The summed E-state index contributed by atoms with van der Waals surface area (Å²) in [7, 11) is 0. The molecule has 0 aromatic heterocycles. The molecular formula is C19H14ClNO. The summed E-state index contributed by atoms with van der Waals surface area (Å²) in [5.74, 6) is 0.162. The van der Waals surface area contributed by atoms with E-state index in [2.05, 4.69) is 5.32 Å². The Morgan fingerprint density at radius 2 is 1.73 bits per heavy atom. The third-order valence-corrected chi connectivity index (χ3v) is 4.55. The van der Waals surface area contributed by atoms with Crippen molar-refractivity contribution in [2.45, 2.75) is 12.5 Å². The number of hydrogen-bond acceptors (Lipinski definition) is 2. The van der Waals surface area contributed by atoms with Gasteiger partial charge in [0.25, 0.3) is 0 Å². The number of benzene rings is 3. The molecule has 0 fully saturated rings. The molecule has 0 unspecified atom stereocenters. The van der Waals surface area contributed by atoms with Crippen LogP contribution in [0.4, 0.5) is 5.69 Å². The first-order valence-corrected chi connectivity index (χ1v) is 7.68. The summed E-state index contributed by atoms with van der Waals surface area (Å²) in [6, 6.07) is 19.6. The molecule has 1 heterocycles. The molecule has 3 heteroatoms. The van der Waals surface area contributed by atoms with Gasteiger partial charge in [0.05, 0.1) is 6.04 Å². The number of carbonyl (C=O) groups is 1. The second-order valence-electron chi connectivity index (χ2n) is 5.55. The second-order valence-corrected chi connectivity index (χ2v) is 5.96. The number of rotatable bonds is 1. The molecule has 0 bridgehead atoms. The Balaban J connectivity index is 1.83. The van der Waals surface area contributed by atoms with Crippen molar-refractivity contribution in [1.29, 1.82) is 0 Å². The molecule has 3 aromatic carbocycles. The van der Waals surface area contributed by atoms with Crippen LogP contribution in [0.5, 0.6) is 0 Å². The van der Waals surface area contributed by atoms with Crippen molar-refractivity contribution in [2.75, 3.05) is 5.32 Å². The number of Topliss-reactive ketones (excluding diaryl/α,β-unsaturated/α-hetero) is 1. The Kier molecular flexibility index (Phi) is 3.12. The van der Waals surface area contributed by atoms with E-state index in [4.69, 9.17) is 11.6 Å². The van der Waals surface area contributed by atoms with Gasteiger partial charge in [-0.25, -0.2) is 0 Å². The summed E-state index contributed by atoms with van der Waals surface area (Å²) in [6.45, 7) is 0. The van der Waals surface area contributed by atoms with Crippen LogP contribution in [0.3, 0.4) is 0 Å². The molecule has 1 aliphatic rings. The van der Waals surface area contributed by atoms with Crippen molar-refractivity contribution in [3.8, 4) is 0 Å². The van der Waals surface area contributed by atoms with Crippen molar-refractivity contribution in [1.82, 2.24) is 0 Å². The van der Waals surface area contributed by atoms with Crippen molar-refractivity contribution in [2.24, 2.45) is 0 Å². The van der Waals surface area contributed by atoms with E-state index < -0.39 is 0 Å². The van der Waals surface area contributed by atoms with Crippen molar-refractivity contribution < 1.29 is 4.79 Å². The third kappa shape index (κ3) is 2.08. The van der Waals surface area contributed by atoms with Gasteiger partial charge in [0, 0.05) is 22.7 Å². The molecule has 1 N–H and O–H groups in total. The lowest BCUT2D eigenvalue weighted by Crippen LogP contribution is -2.23. The predicted octanol–water partition coefficient (Wildman–Crippen LogP) is 5.23. The number of halogens is 1. The van der Waals surface area contributed by atoms with Gasteiger partial charge in [-0.15, -0.1) is 0 Å². The maximum atomic E-state index is 12.7. The van der Waals surface area contributed by atoms with Crippen molar-refractivity contribution >= 4 is 33.8 Å². The Bertz CT molecular complexity index is 887. The van der Waals surface area contributed by atoms with Crippen LogP contribution in [-0.2, 0) is 0 Å². The normalized spacial score (nSPS) is 17.1. The van der Waals surface area contributed by atoms with E-state index >= 15 is 0 Å². The van der Waals surface area contributed by atoms with Gasteiger partial charge in [0.1, 0.15) is 0 Å². The first-order valence-electron chi connectivity index (χ1n) is 7.30. The van der Waals surface area contributed by atoms with E-state index in [9.17, 15) is 4.79 Å². The van der Waals surface area contributed by atoms with Crippen LogP contribution in [-0.4, -0.2) is 5.78 Å². The zero-order valence-corrected chi connectivity index (χ0v) is 12.6. The van der Waals surface area contributed by atoms with Crippen LogP contribution in [0.25, 0.3) is 10.8 Å². The van der Waals surface area contributed by atoms with E-state index in [0.717, 1.165) is 27.6 Å². The SMILES string of the molecule is O=C1C[C@@H](c2ccccc2Cl)Nc2ccc3ccccc3c21. The summed E-state index contributed by atoms with van der Waals surface area (Å²) in [4.78, 5) is 12.7. The smallest absolute Gasteiger partial charge is 0.167 e. The van der Waals surface area contributed by atoms with Crippen molar-refractivity contribution in [3.05, 3.63) is 76.8 Å². The highest BCUT2D eigenvalue weighted by Crippen LogP contribution is 2.38. The third-order valence-electron chi connectivity index (χ3n) is 4.21. The average Bonchev–Trinajstić information content (AvgIpc) is 2.54. The van der Waals surface area contributed by atoms with Crippen LogP contribution in [0.1, 0.15) is 28.4 Å². The fourth-order valence-electron chi connectivity index (χ4n) is 3.16. The summed E-state index contributed by atoms with van der Waals surface area (Å²) in [6.07, 6.45) is 0.421. The summed E-state index contributed by atoms with van der Waals surface area (Å²) < 4.78 is 0. The fourth-order valence-corrected chi connectivity index (χ4v) is 3.43. The maximum Gasteiger partial charge on any atom is 0.167 e. The van der Waals surface area contributed by atoms with Crippen LogP contribution in [0.2, 0.25) is 5.02 Å². The van der Waals surface area contributed by atoms with E-state index in [1.54, 1.807) is 0 Å². The Hall–Kier alpha value is -2.32. The Morgan fingerprint density at radius 3 is 2.59 bits per heavy atom. The van der Waals surface area contributed by atoms with Gasteiger partial charge in [0.15, 0.2) is 5.78 Å². The standard InChI is InChI=1S/C19H14ClNO/c20-15-8-4-3-7-14(15)17-11-18(22)19-13-6-2-1-5-12(13)9-10-16(19)21-17/h1-10,17,21H,11H2/t17-/m0/s1. The molecule has 1 aliphatic heterocycles. The largest absolute Gasteiger partial charge is 0.377 e. The lowest BCUT2D eigenvalue weighted by molar-refractivity contribution is 0.0974. The zero-order valence-electron chi connectivity index (χ0n) is 11.8. The molecule has 3 aromatic rings. The van der Waals surface area contributed by atoms with Crippen LogP contribution >= 0.6 is 11.6 Å². The minimum Gasteiger partial charge on any atom is -0.377 e. The van der Waals surface area contributed by atoms with Gasteiger partial charge < -0.3 is 5.32 Å². The van der Waals surface area contributed by atoms with Gasteiger partial charge in [-0.3, -0.25) is 4.79 Å². The number of anilines is 1. The van der Waals surface area contributed by atoms with Crippen LogP contribution in [0.15, 0.2) is 60.7 Å².